The van der Waals surface area contributed by atoms with Gasteiger partial charge in [-0.1, -0.05) is 6.42 Å². The number of aromatic nitrogens is 1. The first kappa shape index (κ1) is 9.01. The lowest BCUT2D eigenvalue weighted by Gasteiger charge is -2.25. The van der Waals surface area contributed by atoms with Crippen LogP contribution in [0.4, 0.5) is 0 Å². The van der Waals surface area contributed by atoms with Crippen molar-refractivity contribution in [2.45, 2.75) is 25.8 Å². The second-order valence-corrected chi connectivity index (χ2v) is 3.81. The van der Waals surface area contributed by atoms with Crippen molar-refractivity contribution in [1.82, 2.24) is 4.57 Å². The zero-order valence-corrected chi connectivity index (χ0v) is 7.94. The Morgan fingerprint density at radius 1 is 1.57 bits per heavy atom. The zero-order chi connectivity index (χ0) is 9.97. The van der Waals surface area contributed by atoms with E-state index in [0.717, 1.165) is 6.54 Å². The Hall–Kier alpha value is -1.56. The van der Waals surface area contributed by atoms with Crippen LogP contribution in [0, 0.1) is 17.2 Å². The van der Waals surface area contributed by atoms with Crippen molar-refractivity contribution >= 4 is 0 Å². The van der Waals surface area contributed by atoms with Crippen LogP contribution in [0.25, 0.3) is 0 Å². The largest absolute Gasteiger partial charge is 0.315 e. The molecule has 1 saturated carbocycles. The molecule has 1 aliphatic rings. The summed E-state index contributed by atoms with van der Waals surface area (Å²) >= 11 is 0. The van der Waals surface area contributed by atoms with Gasteiger partial charge in [-0.3, -0.25) is 4.79 Å². The Balaban J connectivity index is 2.18. The van der Waals surface area contributed by atoms with Gasteiger partial charge in [0.05, 0.1) is 11.6 Å². The van der Waals surface area contributed by atoms with E-state index in [4.69, 9.17) is 5.26 Å². The van der Waals surface area contributed by atoms with Crippen LogP contribution in [0.2, 0.25) is 0 Å². The van der Waals surface area contributed by atoms with Gasteiger partial charge in [0.15, 0.2) is 0 Å². The maximum atomic E-state index is 11.5. The van der Waals surface area contributed by atoms with Crippen molar-refractivity contribution < 1.29 is 0 Å². The topological polar surface area (TPSA) is 45.8 Å². The van der Waals surface area contributed by atoms with Crippen molar-refractivity contribution in [2.75, 3.05) is 0 Å². The van der Waals surface area contributed by atoms with E-state index in [-0.39, 0.29) is 5.56 Å². The van der Waals surface area contributed by atoms with Crippen LogP contribution in [0.3, 0.4) is 0 Å². The van der Waals surface area contributed by atoms with Crippen LogP contribution in [0.15, 0.2) is 23.1 Å². The van der Waals surface area contributed by atoms with E-state index in [2.05, 4.69) is 0 Å². The molecule has 0 bridgehead atoms. The van der Waals surface area contributed by atoms with Gasteiger partial charge in [0.25, 0.3) is 5.56 Å². The minimum Gasteiger partial charge on any atom is -0.315 e. The lowest BCUT2D eigenvalue weighted by atomic mass is 9.85. The summed E-state index contributed by atoms with van der Waals surface area (Å²) in [7, 11) is 0. The van der Waals surface area contributed by atoms with E-state index in [9.17, 15) is 4.79 Å². The molecule has 0 spiro atoms. The fraction of sp³-hybridized carbons (Fsp3) is 0.455. The number of hydrogen-bond donors (Lipinski definition) is 0. The Labute approximate surface area is 82.6 Å². The number of rotatable bonds is 2. The zero-order valence-electron chi connectivity index (χ0n) is 7.94. The van der Waals surface area contributed by atoms with Gasteiger partial charge >= 0.3 is 0 Å². The average Bonchev–Trinajstić information content (AvgIpc) is 2.13. The van der Waals surface area contributed by atoms with Crippen molar-refractivity contribution in [2.24, 2.45) is 5.92 Å². The second kappa shape index (κ2) is 3.67. The van der Waals surface area contributed by atoms with Crippen LogP contribution in [0.5, 0.6) is 0 Å². The average molecular weight is 188 g/mol. The quantitative estimate of drug-likeness (QED) is 0.706. The smallest absolute Gasteiger partial charge is 0.251 e. The Morgan fingerprint density at radius 2 is 2.36 bits per heavy atom. The molecule has 1 fully saturated rings. The third-order valence-corrected chi connectivity index (χ3v) is 2.80. The highest BCUT2D eigenvalue weighted by Gasteiger charge is 2.17. The normalized spacial score (nSPS) is 15.9. The van der Waals surface area contributed by atoms with E-state index in [1.165, 1.54) is 25.3 Å². The first-order valence-corrected chi connectivity index (χ1v) is 4.90. The van der Waals surface area contributed by atoms with E-state index >= 15 is 0 Å². The Bertz CT molecular complexity index is 424. The maximum absolute atomic E-state index is 11.5. The van der Waals surface area contributed by atoms with E-state index < -0.39 is 0 Å². The summed E-state index contributed by atoms with van der Waals surface area (Å²) in [6, 6.07) is 5.06. The van der Waals surface area contributed by atoms with Crippen molar-refractivity contribution in [3.8, 4) is 6.07 Å². The first-order chi connectivity index (χ1) is 6.79. The highest BCUT2D eigenvalue weighted by atomic mass is 16.1. The molecule has 0 N–H and O–H groups in total. The minimum atomic E-state index is -0.0593. The predicted molar refractivity (Wildman–Crippen MR) is 52.8 cm³/mol. The number of pyridine rings is 1. The summed E-state index contributed by atoms with van der Waals surface area (Å²) in [5, 5.41) is 8.59. The molecule has 0 amide bonds. The molecule has 72 valence electrons. The molecule has 0 saturated heterocycles. The third kappa shape index (κ3) is 1.69. The molecule has 2 rings (SSSR count). The number of nitrogens with zero attached hydrogens (tertiary/aromatic N) is 2. The molecule has 0 aromatic carbocycles. The van der Waals surface area contributed by atoms with Gasteiger partial charge in [-0.05, 0) is 24.8 Å². The molecule has 1 aliphatic carbocycles. The molecule has 0 atom stereocenters. The van der Waals surface area contributed by atoms with Gasteiger partial charge in [-0.2, -0.15) is 5.26 Å². The van der Waals surface area contributed by atoms with Crippen LogP contribution in [0.1, 0.15) is 24.8 Å². The third-order valence-electron chi connectivity index (χ3n) is 2.80. The van der Waals surface area contributed by atoms with Crippen LogP contribution >= 0.6 is 0 Å². The molecular formula is C11H12N2O. The van der Waals surface area contributed by atoms with Gasteiger partial charge in [0.1, 0.15) is 0 Å². The molecular weight excluding hydrogens is 176 g/mol. The van der Waals surface area contributed by atoms with Crippen molar-refractivity contribution in [3.63, 3.8) is 0 Å². The molecule has 1 aromatic rings. The van der Waals surface area contributed by atoms with Crippen LogP contribution in [-0.2, 0) is 6.54 Å². The van der Waals surface area contributed by atoms with E-state index in [1.54, 1.807) is 16.8 Å². The summed E-state index contributed by atoms with van der Waals surface area (Å²) in [6.45, 7) is 0.810. The minimum absolute atomic E-state index is 0.0593. The molecule has 3 nitrogen and oxygen atoms in total. The fourth-order valence-corrected chi connectivity index (χ4v) is 1.68. The first-order valence-electron chi connectivity index (χ1n) is 4.90. The van der Waals surface area contributed by atoms with Gasteiger partial charge in [-0.15, -0.1) is 0 Å². The van der Waals surface area contributed by atoms with Crippen molar-refractivity contribution in [3.05, 3.63) is 34.2 Å². The van der Waals surface area contributed by atoms with Crippen LogP contribution in [-0.4, -0.2) is 4.57 Å². The molecule has 1 heterocycles. The van der Waals surface area contributed by atoms with Crippen molar-refractivity contribution in [1.29, 1.82) is 5.26 Å². The fourth-order valence-electron chi connectivity index (χ4n) is 1.68. The second-order valence-electron chi connectivity index (χ2n) is 3.81. The Morgan fingerprint density at radius 3 is 2.86 bits per heavy atom. The van der Waals surface area contributed by atoms with Gasteiger partial charge in [0, 0.05) is 18.8 Å². The Kier molecular flexibility index (Phi) is 2.36. The molecule has 3 heteroatoms. The van der Waals surface area contributed by atoms with Gasteiger partial charge in [0.2, 0.25) is 0 Å². The van der Waals surface area contributed by atoms with Gasteiger partial charge < -0.3 is 4.57 Å². The van der Waals surface area contributed by atoms with E-state index in [1.807, 2.05) is 6.07 Å². The molecule has 0 aliphatic heterocycles. The lowest BCUT2D eigenvalue weighted by Crippen LogP contribution is -2.26. The SMILES string of the molecule is N#Cc1ccn(CC2CCC2)c(=O)c1. The number of hydrogen-bond acceptors (Lipinski definition) is 2. The maximum Gasteiger partial charge on any atom is 0.251 e. The monoisotopic (exact) mass is 188 g/mol. The number of nitriles is 1. The lowest BCUT2D eigenvalue weighted by molar-refractivity contribution is 0.274. The highest BCUT2D eigenvalue weighted by Crippen LogP contribution is 2.27. The summed E-state index contributed by atoms with van der Waals surface area (Å²) in [5.74, 6) is 0.667. The molecule has 14 heavy (non-hydrogen) atoms. The summed E-state index contributed by atoms with van der Waals surface area (Å²) in [6.07, 6.45) is 5.47. The predicted octanol–water partition coefficient (Wildman–Crippen LogP) is 1.52. The molecule has 1 aromatic heterocycles. The van der Waals surface area contributed by atoms with E-state index in [0.29, 0.717) is 11.5 Å². The van der Waals surface area contributed by atoms with Gasteiger partial charge in [-0.25, -0.2) is 0 Å². The standard InChI is InChI=1S/C11H12N2O/c12-7-10-4-5-13(11(14)6-10)8-9-2-1-3-9/h4-6,9H,1-3,8H2. The molecule has 0 radical (unpaired) electrons. The summed E-state index contributed by atoms with van der Waals surface area (Å²) in [5.41, 5.74) is 0.385. The molecule has 0 unspecified atom stereocenters. The highest BCUT2D eigenvalue weighted by molar-refractivity contribution is 5.25. The van der Waals surface area contributed by atoms with Crippen LogP contribution < -0.4 is 5.56 Å². The summed E-state index contributed by atoms with van der Waals surface area (Å²) < 4.78 is 1.70. The summed E-state index contributed by atoms with van der Waals surface area (Å²) in [4.78, 5) is 11.5.